The molecule has 31 heavy (non-hydrogen) atoms. The zero-order valence-electron chi connectivity index (χ0n) is 18.5. The Kier molecular flexibility index (Phi) is 6.19. The fourth-order valence-corrected chi connectivity index (χ4v) is 4.64. The van der Waals surface area contributed by atoms with Crippen LogP contribution in [0.25, 0.3) is 0 Å². The van der Waals surface area contributed by atoms with Gasteiger partial charge in [0.15, 0.2) is 0 Å². The molecule has 1 saturated heterocycles. The number of halogens is 1. The van der Waals surface area contributed by atoms with Crippen molar-refractivity contribution in [1.82, 2.24) is 10.2 Å². The molecule has 2 aromatic rings. The second-order valence-corrected chi connectivity index (χ2v) is 9.23. The van der Waals surface area contributed by atoms with Gasteiger partial charge in [-0.2, -0.15) is 0 Å². The molecule has 2 heterocycles. The van der Waals surface area contributed by atoms with Crippen LogP contribution in [0.2, 0.25) is 0 Å². The Labute approximate surface area is 183 Å². The van der Waals surface area contributed by atoms with Gasteiger partial charge in [-0.1, -0.05) is 12.1 Å². The zero-order chi connectivity index (χ0) is 22.0. The number of hydrogen-bond acceptors (Lipinski definition) is 4. The number of hydrogen-bond donors (Lipinski definition) is 1. The van der Waals surface area contributed by atoms with E-state index >= 15 is 0 Å². The summed E-state index contributed by atoms with van der Waals surface area (Å²) in [5.41, 5.74) is 1.68. The first-order valence-corrected chi connectivity index (χ1v) is 11.0. The lowest BCUT2D eigenvalue weighted by atomic mass is 9.88. The lowest BCUT2D eigenvalue weighted by Crippen LogP contribution is -2.46. The molecule has 1 amide bonds. The Morgan fingerprint density at radius 2 is 2.03 bits per heavy atom. The number of rotatable bonds is 5. The Balaban J connectivity index is 1.43. The monoisotopic (exact) mass is 426 g/mol. The van der Waals surface area contributed by atoms with Gasteiger partial charge in [-0.3, -0.25) is 9.69 Å². The van der Waals surface area contributed by atoms with Crippen molar-refractivity contribution in [2.24, 2.45) is 5.92 Å². The summed E-state index contributed by atoms with van der Waals surface area (Å²) in [7, 11) is 1.63. The van der Waals surface area contributed by atoms with Crippen molar-refractivity contribution in [2.75, 3.05) is 20.2 Å². The van der Waals surface area contributed by atoms with E-state index in [0.29, 0.717) is 13.0 Å². The highest BCUT2D eigenvalue weighted by atomic mass is 19.1. The van der Waals surface area contributed by atoms with E-state index in [1.807, 2.05) is 44.2 Å². The molecular formula is C25H31FN2O3. The fraction of sp³-hybridized carbons (Fsp3) is 0.480. The largest absolute Gasteiger partial charge is 0.497 e. The average Bonchev–Trinajstić information content (AvgIpc) is 2.74. The van der Waals surface area contributed by atoms with Crippen LogP contribution in [-0.2, 0) is 11.3 Å². The minimum atomic E-state index is -0.376. The first-order chi connectivity index (χ1) is 14.8. The van der Waals surface area contributed by atoms with Crippen molar-refractivity contribution < 1.29 is 18.7 Å². The van der Waals surface area contributed by atoms with Gasteiger partial charge in [0.25, 0.3) is 0 Å². The standard InChI is InChI=1S/C25H31FN2O3/c1-25(2)14-22(21-11-10-20(30-3)13-23(21)31-25)27-24(29)18-5-4-12-28(16-18)15-17-6-8-19(26)9-7-17/h6-11,13,18,22H,4-5,12,14-16H2,1-3H3,(H,27,29). The average molecular weight is 427 g/mol. The second kappa shape index (κ2) is 8.87. The molecule has 2 aromatic carbocycles. The molecule has 1 fully saturated rings. The Morgan fingerprint density at radius 1 is 1.26 bits per heavy atom. The van der Waals surface area contributed by atoms with Crippen LogP contribution in [0.1, 0.15) is 50.3 Å². The number of amides is 1. The predicted octanol–water partition coefficient (Wildman–Crippen LogP) is 4.46. The zero-order valence-corrected chi connectivity index (χ0v) is 18.5. The smallest absolute Gasteiger partial charge is 0.224 e. The van der Waals surface area contributed by atoms with Crippen LogP contribution in [0.15, 0.2) is 42.5 Å². The maximum Gasteiger partial charge on any atom is 0.224 e. The van der Waals surface area contributed by atoms with Crippen LogP contribution in [0.4, 0.5) is 4.39 Å². The van der Waals surface area contributed by atoms with E-state index in [4.69, 9.17) is 9.47 Å². The molecule has 5 nitrogen and oxygen atoms in total. The highest BCUT2D eigenvalue weighted by molar-refractivity contribution is 5.79. The summed E-state index contributed by atoms with van der Waals surface area (Å²) in [5.74, 6) is 1.32. The second-order valence-electron chi connectivity index (χ2n) is 9.23. The maximum atomic E-state index is 13.2. The number of nitrogens with zero attached hydrogens (tertiary/aromatic N) is 1. The third-order valence-electron chi connectivity index (χ3n) is 6.19. The van der Waals surface area contributed by atoms with E-state index in [9.17, 15) is 9.18 Å². The van der Waals surface area contributed by atoms with E-state index in [-0.39, 0.29) is 29.3 Å². The van der Waals surface area contributed by atoms with Crippen LogP contribution in [0.5, 0.6) is 11.5 Å². The van der Waals surface area contributed by atoms with Gasteiger partial charge in [-0.15, -0.1) is 0 Å². The fourth-order valence-electron chi connectivity index (χ4n) is 4.64. The number of ether oxygens (including phenoxy) is 2. The summed E-state index contributed by atoms with van der Waals surface area (Å²) in [6.45, 7) is 6.48. The van der Waals surface area contributed by atoms with Gasteiger partial charge in [-0.25, -0.2) is 4.39 Å². The van der Waals surface area contributed by atoms with Gasteiger partial charge in [0, 0.05) is 31.1 Å². The number of likely N-dealkylation sites (tertiary alicyclic amines) is 1. The molecule has 2 aliphatic rings. The van der Waals surface area contributed by atoms with Gasteiger partial charge in [-0.05, 0) is 63.1 Å². The van der Waals surface area contributed by atoms with Crippen molar-refractivity contribution in [2.45, 2.75) is 51.3 Å². The molecule has 0 spiro atoms. The first-order valence-electron chi connectivity index (χ1n) is 11.0. The predicted molar refractivity (Wildman–Crippen MR) is 118 cm³/mol. The normalized spacial score (nSPS) is 22.8. The molecule has 4 rings (SSSR count). The van der Waals surface area contributed by atoms with Gasteiger partial charge < -0.3 is 14.8 Å². The van der Waals surface area contributed by atoms with Crippen molar-refractivity contribution in [1.29, 1.82) is 0 Å². The van der Waals surface area contributed by atoms with E-state index in [1.165, 1.54) is 12.1 Å². The van der Waals surface area contributed by atoms with Gasteiger partial charge in [0.05, 0.1) is 19.1 Å². The Hall–Kier alpha value is -2.60. The minimum absolute atomic E-state index is 0.0538. The van der Waals surface area contributed by atoms with E-state index in [0.717, 1.165) is 48.6 Å². The number of carbonyl (C=O) groups is 1. The SMILES string of the molecule is COc1ccc2c(c1)OC(C)(C)CC2NC(=O)C1CCCN(Cc2ccc(F)cc2)C1. The van der Waals surface area contributed by atoms with Crippen molar-refractivity contribution >= 4 is 5.91 Å². The molecule has 0 bridgehead atoms. The maximum absolute atomic E-state index is 13.2. The van der Waals surface area contributed by atoms with E-state index in [1.54, 1.807) is 7.11 Å². The van der Waals surface area contributed by atoms with Crippen molar-refractivity contribution in [3.63, 3.8) is 0 Å². The molecule has 6 heteroatoms. The summed E-state index contributed by atoms with van der Waals surface area (Å²) in [6.07, 6.45) is 2.57. The quantitative estimate of drug-likeness (QED) is 0.767. The molecule has 0 radical (unpaired) electrons. The third kappa shape index (κ3) is 5.18. The molecule has 2 aliphatic heterocycles. The number of methoxy groups -OCH3 is 1. The third-order valence-corrected chi connectivity index (χ3v) is 6.19. The highest BCUT2D eigenvalue weighted by Crippen LogP contribution is 2.41. The van der Waals surface area contributed by atoms with Crippen LogP contribution >= 0.6 is 0 Å². The number of benzene rings is 2. The van der Waals surface area contributed by atoms with Crippen molar-refractivity contribution in [3.05, 3.63) is 59.4 Å². The minimum Gasteiger partial charge on any atom is -0.497 e. The topological polar surface area (TPSA) is 50.8 Å². The van der Waals surface area contributed by atoms with E-state index in [2.05, 4.69) is 10.2 Å². The Morgan fingerprint density at radius 3 is 2.77 bits per heavy atom. The molecule has 0 saturated carbocycles. The Bertz CT molecular complexity index is 929. The molecule has 0 aliphatic carbocycles. The number of nitrogens with one attached hydrogen (secondary N) is 1. The summed E-state index contributed by atoms with van der Waals surface area (Å²) < 4.78 is 24.7. The van der Waals surface area contributed by atoms with Crippen molar-refractivity contribution in [3.8, 4) is 11.5 Å². The summed E-state index contributed by atoms with van der Waals surface area (Å²) in [5, 5.41) is 3.29. The number of piperidine rings is 1. The molecular weight excluding hydrogens is 395 g/mol. The van der Waals surface area contributed by atoms with Gasteiger partial charge in [0.2, 0.25) is 5.91 Å². The van der Waals surface area contributed by atoms with Crippen LogP contribution < -0.4 is 14.8 Å². The van der Waals surface area contributed by atoms with Crippen LogP contribution in [0, 0.1) is 11.7 Å². The summed E-state index contributed by atoms with van der Waals surface area (Å²) >= 11 is 0. The lowest BCUT2D eigenvalue weighted by Gasteiger charge is -2.39. The molecule has 1 N–H and O–H groups in total. The molecule has 166 valence electrons. The summed E-state index contributed by atoms with van der Waals surface area (Å²) in [4.78, 5) is 15.5. The lowest BCUT2D eigenvalue weighted by molar-refractivity contribution is -0.128. The number of fused-ring (bicyclic) bond motifs is 1. The van der Waals surface area contributed by atoms with Crippen LogP contribution in [-0.4, -0.2) is 36.6 Å². The first kappa shape index (κ1) is 21.6. The van der Waals surface area contributed by atoms with Gasteiger partial charge >= 0.3 is 0 Å². The molecule has 2 atom stereocenters. The molecule has 2 unspecified atom stereocenters. The highest BCUT2D eigenvalue weighted by Gasteiger charge is 2.36. The number of carbonyl (C=O) groups excluding carboxylic acids is 1. The molecule has 0 aromatic heterocycles. The summed E-state index contributed by atoms with van der Waals surface area (Å²) in [6, 6.07) is 12.3. The van der Waals surface area contributed by atoms with Gasteiger partial charge in [0.1, 0.15) is 22.9 Å². The van der Waals surface area contributed by atoms with E-state index < -0.39 is 0 Å². The van der Waals surface area contributed by atoms with Crippen LogP contribution in [0.3, 0.4) is 0 Å².